The van der Waals surface area contributed by atoms with E-state index in [4.69, 9.17) is 14.7 Å². The summed E-state index contributed by atoms with van der Waals surface area (Å²) in [6, 6.07) is 35.7. The normalized spacial score (nSPS) is 17.3. The van der Waals surface area contributed by atoms with Crippen LogP contribution in [0.1, 0.15) is 92.2 Å². The van der Waals surface area contributed by atoms with E-state index in [1.807, 2.05) is 72.8 Å². The van der Waals surface area contributed by atoms with Crippen molar-refractivity contribution in [3.8, 4) is 22.5 Å². The number of esters is 1. The molecule has 2 aromatic heterocycles. The molecule has 1 aliphatic carbocycles. The molecule has 3 heterocycles. The highest BCUT2D eigenvalue weighted by molar-refractivity contribution is 5.96. The number of carboxylic acids is 2. The number of carbonyl (C=O) groups is 4. The van der Waals surface area contributed by atoms with Crippen LogP contribution in [0.5, 0.6) is 0 Å². The summed E-state index contributed by atoms with van der Waals surface area (Å²) >= 11 is 0. The zero-order valence-corrected chi connectivity index (χ0v) is 40.1. The summed E-state index contributed by atoms with van der Waals surface area (Å²) in [5.74, 6) is -0.230. The number of nitrogens with one attached hydrogen (secondary N) is 1. The van der Waals surface area contributed by atoms with Crippen molar-refractivity contribution in [3.05, 3.63) is 143 Å². The van der Waals surface area contributed by atoms with Crippen molar-refractivity contribution in [3.63, 3.8) is 0 Å². The van der Waals surface area contributed by atoms with Crippen LogP contribution in [0.2, 0.25) is 0 Å². The number of likely N-dealkylation sites (tertiary alicyclic amines) is 1. The molecule has 2 aliphatic rings. The Morgan fingerprint density at radius 1 is 0.812 bits per heavy atom. The molecule has 9 rings (SSSR count). The highest BCUT2D eigenvalue weighted by Gasteiger charge is 2.49. The van der Waals surface area contributed by atoms with Crippen LogP contribution < -0.4 is 5.32 Å². The summed E-state index contributed by atoms with van der Waals surface area (Å²) in [6.07, 6.45) is 6.43. The molecular formula is C56H62N6O7. The van der Waals surface area contributed by atoms with E-state index in [9.17, 15) is 29.4 Å². The lowest BCUT2D eigenvalue weighted by atomic mass is 9.98. The molecule has 69 heavy (non-hydrogen) atoms. The fraction of sp³-hybridized carbons (Fsp3) is 0.357. The van der Waals surface area contributed by atoms with Gasteiger partial charge in [-0.25, -0.2) is 19.6 Å². The van der Waals surface area contributed by atoms with Gasteiger partial charge >= 0.3 is 17.9 Å². The van der Waals surface area contributed by atoms with Crippen LogP contribution in [0.4, 0.5) is 0 Å². The number of aromatic carboxylic acids is 1. The average Bonchev–Trinajstić information content (AvgIpc) is 4.13. The van der Waals surface area contributed by atoms with Crippen LogP contribution in [0.25, 0.3) is 44.6 Å². The minimum Gasteiger partial charge on any atom is -0.480 e. The second-order valence-corrected chi connectivity index (χ2v) is 18.4. The van der Waals surface area contributed by atoms with Gasteiger partial charge < -0.3 is 29.0 Å². The molecule has 1 aliphatic heterocycles. The molecule has 0 bridgehead atoms. The van der Waals surface area contributed by atoms with E-state index in [0.29, 0.717) is 31.4 Å². The van der Waals surface area contributed by atoms with Gasteiger partial charge in [0.2, 0.25) is 5.91 Å². The molecule has 0 spiro atoms. The van der Waals surface area contributed by atoms with Gasteiger partial charge in [0, 0.05) is 31.6 Å². The Bertz CT molecular complexity index is 2960. The predicted molar refractivity (Wildman–Crippen MR) is 268 cm³/mol. The van der Waals surface area contributed by atoms with Gasteiger partial charge in [-0.05, 0) is 123 Å². The Morgan fingerprint density at radius 2 is 1.54 bits per heavy atom. The van der Waals surface area contributed by atoms with Gasteiger partial charge in [-0.1, -0.05) is 98.3 Å². The number of para-hydroxylation sites is 2. The van der Waals surface area contributed by atoms with E-state index in [-0.39, 0.29) is 30.4 Å². The van der Waals surface area contributed by atoms with Gasteiger partial charge in [-0.15, -0.1) is 0 Å². The van der Waals surface area contributed by atoms with Gasteiger partial charge in [0.05, 0.1) is 40.3 Å². The van der Waals surface area contributed by atoms with Crippen molar-refractivity contribution < 1.29 is 34.1 Å². The first-order valence-corrected chi connectivity index (χ1v) is 24.2. The maximum absolute atomic E-state index is 13.2. The number of hydrogen-bond donors (Lipinski definition) is 3. The Hall–Kier alpha value is -7.12. The highest BCUT2D eigenvalue weighted by Crippen LogP contribution is 2.42. The van der Waals surface area contributed by atoms with Crippen LogP contribution in [0.3, 0.4) is 0 Å². The van der Waals surface area contributed by atoms with E-state index in [1.165, 1.54) is 0 Å². The lowest BCUT2D eigenvalue weighted by Crippen LogP contribution is -2.55. The van der Waals surface area contributed by atoms with Crippen LogP contribution in [-0.2, 0) is 45.6 Å². The Labute approximate surface area is 403 Å². The zero-order chi connectivity index (χ0) is 48.8. The topological polar surface area (TPSA) is 169 Å². The summed E-state index contributed by atoms with van der Waals surface area (Å²) in [5, 5.41) is 22.4. The van der Waals surface area contributed by atoms with E-state index in [2.05, 4.69) is 65.7 Å². The number of imidazole rings is 2. The molecule has 5 atom stereocenters. The number of fused-ring (bicyclic) bond motifs is 3. The van der Waals surface area contributed by atoms with Gasteiger partial charge in [0.1, 0.15) is 23.7 Å². The standard InChI is InChI=1S/C33H30N4O2.C23H32N2O5/c1-4-9-30-35-31-21(2)18-24(32-34-27-12-7-8-13-28(27)36(32)3)19-29(31)37(30)20-22-14-16-23(17-15-22)25-10-5-6-11-26(25)33(38)39;1-3-30-23(29)18(13-12-16-8-5-4-6-9-16)24-15(2)21(26)25-19-11-7-10-17(19)14-20(25)22(27)28/h5-8,10-19H,4,9,20H2,1-3H3,(H,38,39);4-6,8-9,15,17-20,24H,3,7,10-14H2,1-2H3,(H,27,28)/t;15-,17-,18-,19-,20-/m.0/s1. The number of aromatic nitrogens is 4. The monoisotopic (exact) mass is 930 g/mol. The van der Waals surface area contributed by atoms with Gasteiger partial charge in [-0.2, -0.15) is 0 Å². The number of aryl methyl sites for hydroxylation is 4. The van der Waals surface area contributed by atoms with Crippen molar-refractivity contribution >= 4 is 45.9 Å². The summed E-state index contributed by atoms with van der Waals surface area (Å²) in [4.78, 5) is 60.8. The van der Waals surface area contributed by atoms with E-state index < -0.39 is 30.1 Å². The molecule has 358 valence electrons. The fourth-order valence-electron chi connectivity index (χ4n) is 10.3. The SMILES string of the molecule is CCCc1nc2c(C)cc(-c3nc4ccccc4n3C)cc2n1Cc1ccc(-c2ccccc2C(=O)O)cc1.CCOC(=O)[C@H](CCc1ccccc1)N[C@@H](C)C(=O)N1[C@H](C(=O)O)C[C@@H]2CCC[C@@H]21. The van der Waals surface area contributed by atoms with Gasteiger partial charge in [0.25, 0.3) is 0 Å². The van der Waals surface area contributed by atoms with Gasteiger partial charge in [0.15, 0.2) is 0 Å². The number of nitrogens with zero attached hydrogens (tertiary/aromatic N) is 5. The van der Waals surface area contributed by atoms with Crippen molar-refractivity contribution in [2.45, 2.75) is 110 Å². The molecular weight excluding hydrogens is 869 g/mol. The number of amides is 1. The maximum atomic E-state index is 13.2. The van der Waals surface area contributed by atoms with Crippen LogP contribution in [-0.4, -0.2) is 88.8 Å². The quantitative estimate of drug-likeness (QED) is 0.0794. The van der Waals surface area contributed by atoms with Crippen molar-refractivity contribution in [2.24, 2.45) is 13.0 Å². The summed E-state index contributed by atoms with van der Waals surface area (Å²) in [5.41, 5.74) is 10.6. The van der Waals surface area contributed by atoms with Crippen LogP contribution in [0, 0.1) is 12.8 Å². The predicted octanol–water partition coefficient (Wildman–Crippen LogP) is 9.65. The number of carboxylic acid groups (broad SMARTS) is 2. The Balaban J connectivity index is 0.000000193. The summed E-state index contributed by atoms with van der Waals surface area (Å²) in [7, 11) is 2.06. The number of hydrogen-bond acceptors (Lipinski definition) is 8. The third-order valence-electron chi connectivity index (χ3n) is 13.7. The Kier molecular flexibility index (Phi) is 15.0. The minimum atomic E-state index is -0.948. The molecule has 1 amide bonds. The third kappa shape index (κ3) is 10.5. The van der Waals surface area contributed by atoms with E-state index in [0.717, 1.165) is 99.2 Å². The molecule has 7 aromatic rings. The molecule has 0 unspecified atom stereocenters. The van der Waals surface area contributed by atoms with Crippen LogP contribution >= 0.6 is 0 Å². The maximum Gasteiger partial charge on any atom is 0.336 e. The number of benzene rings is 5. The van der Waals surface area contributed by atoms with E-state index >= 15 is 0 Å². The van der Waals surface area contributed by atoms with E-state index in [1.54, 1.807) is 30.9 Å². The molecule has 0 radical (unpaired) electrons. The molecule has 2 fully saturated rings. The molecule has 1 saturated heterocycles. The number of carbonyl (C=O) groups excluding carboxylic acids is 2. The zero-order valence-electron chi connectivity index (χ0n) is 40.1. The first-order chi connectivity index (χ1) is 33.4. The lowest BCUT2D eigenvalue weighted by molar-refractivity contribution is -0.151. The second kappa shape index (κ2) is 21.5. The second-order valence-electron chi connectivity index (χ2n) is 18.4. The van der Waals surface area contributed by atoms with Crippen LogP contribution in [0.15, 0.2) is 115 Å². The summed E-state index contributed by atoms with van der Waals surface area (Å²) < 4.78 is 9.67. The first-order valence-electron chi connectivity index (χ1n) is 24.2. The number of ether oxygens (including phenoxy) is 1. The van der Waals surface area contributed by atoms with Crippen molar-refractivity contribution in [1.82, 2.24) is 29.3 Å². The smallest absolute Gasteiger partial charge is 0.336 e. The number of rotatable bonds is 16. The van der Waals surface area contributed by atoms with Gasteiger partial charge in [-0.3, -0.25) is 14.9 Å². The average molecular weight is 931 g/mol. The molecule has 13 nitrogen and oxygen atoms in total. The number of aliphatic carboxylic acids is 1. The molecule has 5 aromatic carbocycles. The largest absolute Gasteiger partial charge is 0.480 e. The first kappa shape index (κ1) is 48.3. The lowest BCUT2D eigenvalue weighted by Gasteiger charge is -2.31. The third-order valence-corrected chi connectivity index (χ3v) is 13.7. The fourth-order valence-corrected chi connectivity index (χ4v) is 10.3. The van der Waals surface area contributed by atoms with Crippen molar-refractivity contribution in [1.29, 1.82) is 0 Å². The molecule has 1 saturated carbocycles. The molecule has 3 N–H and O–H groups in total. The Morgan fingerprint density at radius 3 is 2.25 bits per heavy atom. The minimum absolute atomic E-state index is 0.00629. The highest BCUT2D eigenvalue weighted by atomic mass is 16.5. The molecule has 13 heteroatoms. The van der Waals surface area contributed by atoms with Crippen molar-refractivity contribution in [2.75, 3.05) is 6.61 Å². The summed E-state index contributed by atoms with van der Waals surface area (Å²) in [6.45, 7) is 8.70.